The van der Waals surface area contributed by atoms with Crippen molar-refractivity contribution in [3.8, 4) is 0 Å². The quantitative estimate of drug-likeness (QED) is 0.790. The summed E-state index contributed by atoms with van der Waals surface area (Å²) in [7, 11) is 1.96. The molecule has 4 nitrogen and oxygen atoms in total. The molecular weight excluding hydrogens is 236 g/mol. The molecule has 2 aromatic heterocycles. The Morgan fingerprint density at radius 3 is 2.47 bits per heavy atom. The lowest BCUT2D eigenvalue weighted by molar-refractivity contribution is 0.403. The van der Waals surface area contributed by atoms with E-state index in [0.29, 0.717) is 17.8 Å². The van der Waals surface area contributed by atoms with Crippen molar-refractivity contribution in [3.63, 3.8) is 0 Å². The number of halogens is 1. The first-order valence-corrected chi connectivity index (χ1v) is 6.47. The summed E-state index contributed by atoms with van der Waals surface area (Å²) < 4.78 is 4.11. The number of nitrogens with zero attached hydrogens (tertiary/aromatic N) is 4. The number of hydrogen-bond donors (Lipinski definition) is 0. The van der Waals surface area contributed by atoms with Gasteiger partial charge < -0.3 is 4.57 Å². The first-order chi connectivity index (χ1) is 7.97. The lowest BCUT2D eigenvalue weighted by Gasteiger charge is -2.20. The molecule has 2 aromatic rings. The summed E-state index contributed by atoms with van der Waals surface area (Å²) in [5.74, 6) is 1.90. The van der Waals surface area contributed by atoms with E-state index in [-0.39, 0.29) is 0 Å². The van der Waals surface area contributed by atoms with Gasteiger partial charge in [0.2, 0.25) is 0 Å². The Morgan fingerprint density at radius 2 is 1.94 bits per heavy atom. The normalized spacial score (nSPS) is 13.8. The first-order valence-electron chi connectivity index (χ1n) is 5.93. The molecule has 2 rings (SSSR count). The zero-order chi connectivity index (χ0) is 12.7. The average molecular weight is 255 g/mol. The van der Waals surface area contributed by atoms with E-state index in [4.69, 9.17) is 11.6 Å². The van der Waals surface area contributed by atoms with Crippen molar-refractivity contribution in [3.05, 3.63) is 11.5 Å². The van der Waals surface area contributed by atoms with Crippen molar-refractivity contribution in [1.29, 1.82) is 0 Å². The second kappa shape index (κ2) is 4.33. The van der Waals surface area contributed by atoms with Gasteiger partial charge in [0.1, 0.15) is 11.3 Å². The minimum absolute atomic E-state index is 0.364. The maximum atomic E-state index is 6.00. The Hall–Kier alpha value is -1.03. The third-order valence-electron chi connectivity index (χ3n) is 3.40. The Balaban J connectivity index is 2.73. The van der Waals surface area contributed by atoms with Gasteiger partial charge in [0.15, 0.2) is 5.65 Å². The summed E-state index contributed by atoms with van der Waals surface area (Å²) in [5, 5.41) is 4.42. The fourth-order valence-corrected chi connectivity index (χ4v) is 2.35. The molecule has 0 spiro atoms. The number of aromatic nitrogens is 4. The van der Waals surface area contributed by atoms with Gasteiger partial charge in [0.25, 0.3) is 0 Å². The number of aryl methyl sites for hydroxylation is 2. The van der Waals surface area contributed by atoms with E-state index in [9.17, 15) is 0 Å². The molecule has 0 aliphatic heterocycles. The molecule has 0 amide bonds. The Morgan fingerprint density at radius 1 is 1.29 bits per heavy atom. The van der Waals surface area contributed by atoms with Crippen molar-refractivity contribution >= 4 is 22.8 Å². The highest BCUT2D eigenvalue weighted by atomic mass is 35.5. The van der Waals surface area contributed by atoms with Crippen LogP contribution in [0.3, 0.4) is 0 Å². The Bertz CT molecular complexity index is 538. The van der Waals surface area contributed by atoms with Crippen molar-refractivity contribution in [2.75, 3.05) is 0 Å². The second-order valence-corrected chi connectivity index (χ2v) is 5.16. The smallest absolute Gasteiger partial charge is 0.158 e. The molecule has 0 fully saturated rings. The lowest BCUT2D eigenvalue weighted by atomic mass is 10.1. The van der Waals surface area contributed by atoms with Gasteiger partial charge in [-0.1, -0.05) is 13.8 Å². The summed E-state index contributed by atoms with van der Waals surface area (Å²) >= 11 is 6.00. The van der Waals surface area contributed by atoms with Crippen molar-refractivity contribution in [2.24, 2.45) is 13.0 Å². The maximum Gasteiger partial charge on any atom is 0.158 e. The molecule has 0 bridgehead atoms. The van der Waals surface area contributed by atoms with Gasteiger partial charge in [-0.25, -0.2) is 4.98 Å². The average Bonchev–Trinajstić information content (AvgIpc) is 2.77. The van der Waals surface area contributed by atoms with Gasteiger partial charge in [-0.2, -0.15) is 5.10 Å². The third-order valence-corrected chi connectivity index (χ3v) is 3.64. The van der Waals surface area contributed by atoms with Gasteiger partial charge in [0, 0.05) is 13.1 Å². The lowest BCUT2D eigenvalue weighted by Crippen LogP contribution is -2.15. The topological polar surface area (TPSA) is 35.6 Å². The molecule has 0 saturated carbocycles. The number of alkyl halides is 1. The Kier molecular flexibility index (Phi) is 3.17. The van der Waals surface area contributed by atoms with E-state index < -0.39 is 0 Å². The van der Waals surface area contributed by atoms with Gasteiger partial charge in [0.05, 0.1) is 11.6 Å². The minimum atomic E-state index is 0.364. The fourth-order valence-electron chi connectivity index (χ4n) is 2.16. The third kappa shape index (κ3) is 1.84. The van der Waals surface area contributed by atoms with Crippen LogP contribution in [0.25, 0.3) is 11.2 Å². The SMILES string of the molecule is Cc1nn(C)c2c1nc(CCl)n2C(C)C(C)C. The van der Waals surface area contributed by atoms with Gasteiger partial charge >= 0.3 is 0 Å². The van der Waals surface area contributed by atoms with Crippen LogP contribution in [0.4, 0.5) is 0 Å². The van der Waals surface area contributed by atoms with Crippen LogP contribution >= 0.6 is 11.6 Å². The van der Waals surface area contributed by atoms with E-state index >= 15 is 0 Å². The summed E-state index contributed by atoms with van der Waals surface area (Å²) in [6.07, 6.45) is 0. The van der Waals surface area contributed by atoms with E-state index in [2.05, 4.69) is 35.4 Å². The molecule has 0 saturated heterocycles. The summed E-state index contributed by atoms with van der Waals surface area (Å²) in [6, 6.07) is 0.364. The molecule has 17 heavy (non-hydrogen) atoms. The van der Waals surface area contributed by atoms with Crippen LogP contribution in [0, 0.1) is 12.8 Å². The van der Waals surface area contributed by atoms with Crippen molar-refractivity contribution in [1.82, 2.24) is 19.3 Å². The molecule has 5 heteroatoms. The van der Waals surface area contributed by atoms with Gasteiger partial charge in [-0.05, 0) is 19.8 Å². The number of hydrogen-bond acceptors (Lipinski definition) is 2. The highest BCUT2D eigenvalue weighted by molar-refractivity contribution is 6.16. The number of imidazole rings is 1. The summed E-state index contributed by atoms with van der Waals surface area (Å²) in [4.78, 5) is 4.60. The molecule has 0 radical (unpaired) electrons. The predicted octanol–water partition coefficient (Wildman–Crippen LogP) is 3.03. The van der Waals surface area contributed by atoms with Crippen LogP contribution in [-0.2, 0) is 12.9 Å². The van der Waals surface area contributed by atoms with Crippen LogP contribution in [0.2, 0.25) is 0 Å². The molecule has 0 aliphatic rings. The van der Waals surface area contributed by atoms with Crippen LogP contribution in [0.1, 0.15) is 38.3 Å². The van der Waals surface area contributed by atoms with Crippen molar-refractivity contribution in [2.45, 2.75) is 39.6 Å². The van der Waals surface area contributed by atoms with E-state index in [1.54, 1.807) is 0 Å². The molecule has 0 aliphatic carbocycles. The van der Waals surface area contributed by atoms with Crippen LogP contribution in [-0.4, -0.2) is 19.3 Å². The Labute approximate surface area is 107 Å². The van der Waals surface area contributed by atoms with Crippen LogP contribution in [0.15, 0.2) is 0 Å². The molecule has 0 N–H and O–H groups in total. The zero-order valence-electron chi connectivity index (χ0n) is 11.0. The van der Waals surface area contributed by atoms with E-state index in [1.807, 2.05) is 18.7 Å². The second-order valence-electron chi connectivity index (χ2n) is 4.90. The number of fused-ring (bicyclic) bond motifs is 1. The minimum Gasteiger partial charge on any atom is -0.309 e. The molecule has 1 atom stereocenters. The zero-order valence-corrected chi connectivity index (χ0v) is 11.8. The molecule has 1 unspecified atom stereocenters. The van der Waals surface area contributed by atoms with Crippen LogP contribution < -0.4 is 0 Å². The number of rotatable bonds is 3. The standard InChI is InChI=1S/C12H19ClN4/c1-7(2)9(4)17-10(6-13)14-11-8(3)15-16(5)12(11)17/h7,9H,6H2,1-5H3. The predicted molar refractivity (Wildman–Crippen MR) is 70.3 cm³/mol. The molecule has 2 heterocycles. The van der Waals surface area contributed by atoms with E-state index in [0.717, 1.165) is 22.7 Å². The fraction of sp³-hybridized carbons (Fsp3) is 0.667. The van der Waals surface area contributed by atoms with Crippen LogP contribution in [0.5, 0.6) is 0 Å². The van der Waals surface area contributed by atoms with Gasteiger partial charge in [-0.3, -0.25) is 4.68 Å². The van der Waals surface area contributed by atoms with Gasteiger partial charge in [-0.15, -0.1) is 11.6 Å². The largest absolute Gasteiger partial charge is 0.309 e. The maximum absolute atomic E-state index is 6.00. The monoisotopic (exact) mass is 254 g/mol. The van der Waals surface area contributed by atoms with E-state index in [1.165, 1.54) is 0 Å². The molecule has 0 aromatic carbocycles. The molecular formula is C12H19ClN4. The molecule has 94 valence electrons. The highest BCUT2D eigenvalue weighted by Gasteiger charge is 2.21. The summed E-state index contributed by atoms with van der Waals surface area (Å²) in [5.41, 5.74) is 3.00. The highest BCUT2D eigenvalue weighted by Crippen LogP contribution is 2.27. The first kappa shape index (κ1) is 12.4. The van der Waals surface area contributed by atoms with Crippen molar-refractivity contribution < 1.29 is 0 Å². The summed E-state index contributed by atoms with van der Waals surface area (Å²) in [6.45, 7) is 8.59.